The highest BCUT2D eigenvalue weighted by molar-refractivity contribution is 6.39. The van der Waals surface area contributed by atoms with Crippen LogP contribution in [-0.4, -0.2) is 26.2 Å². The van der Waals surface area contributed by atoms with Crippen molar-refractivity contribution in [2.75, 3.05) is 12.4 Å². The van der Waals surface area contributed by atoms with Crippen LogP contribution in [0.25, 0.3) is 33.3 Å². The molecule has 0 fully saturated rings. The summed E-state index contributed by atoms with van der Waals surface area (Å²) < 4.78 is 8.10. The predicted octanol–water partition coefficient (Wildman–Crippen LogP) is 6.22. The number of ether oxygens (including phenoxy) is 1. The average Bonchev–Trinajstić information content (AvgIpc) is 3.44. The van der Waals surface area contributed by atoms with Crippen molar-refractivity contribution in [2.45, 2.75) is 26.2 Å². The lowest BCUT2D eigenvalue weighted by Gasteiger charge is -2.17. The third-order valence-corrected chi connectivity index (χ3v) is 8.46. The first-order valence-corrected chi connectivity index (χ1v) is 13.9. The van der Waals surface area contributed by atoms with Crippen LogP contribution in [0.5, 0.6) is 5.88 Å². The van der Waals surface area contributed by atoms with Crippen molar-refractivity contribution in [3.8, 4) is 28.3 Å². The van der Waals surface area contributed by atoms with Gasteiger partial charge in [0.25, 0.3) is 5.56 Å². The summed E-state index contributed by atoms with van der Waals surface area (Å²) in [6.45, 7) is 1.80. The maximum Gasteiger partial charge on any atom is 0.330 e. The molecule has 0 bridgehead atoms. The van der Waals surface area contributed by atoms with Crippen LogP contribution >= 0.6 is 23.2 Å². The van der Waals surface area contributed by atoms with Crippen LogP contribution in [0.2, 0.25) is 10.0 Å². The van der Waals surface area contributed by atoms with Crippen molar-refractivity contribution in [3.05, 3.63) is 96.2 Å². The molecule has 3 heterocycles. The van der Waals surface area contributed by atoms with E-state index in [1.54, 1.807) is 33.2 Å². The Morgan fingerprint density at radius 2 is 1.61 bits per heavy atom. The highest BCUT2D eigenvalue weighted by atomic mass is 35.5. The van der Waals surface area contributed by atoms with Gasteiger partial charge in [0.05, 0.1) is 34.1 Å². The van der Waals surface area contributed by atoms with E-state index in [1.165, 1.54) is 17.2 Å². The summed E-state index contributed by atoms with van der Waals surface area (Å²) in [6.07, 6.45) is 3.02. The number of fused-ring (bicyclic) bond motifs is 2. The Kier molecular flexibility index (Phi) is 6.83. The van der Waals surface area contributed by atoms with E-state index in [4.69, 9.17) is 32.9 Å². The van der Waals surface area contributed by atoms with Gasteiger partial charge < -0.3 is 10.1 Å². The number of pyridine rings is 2. The first kappa shape index (κ1) is 27.1. The topological polar surface area (TPSA) is 91.0 Å². The number of methoxy groups -OCH3 is 1. The fourth-order valence-corrected chi connectivity index (χ4v) is 6.16. The van der Waals surface area contributed by atoms with E-state index in [-0.39, 0.29) is 0 Å². The van der Waals surface area contributed by atoms with Gasteiger partial charge in [0.15, 0.2) is 0 Å². The smallest absolute Gasteiger partial charge is 0.330 e. The van der Waals surface area contributed by atoms with Crippen molar-refractivity contribution in [3.63, 3.8) is 0 Å². The molecule has 1 N–H and O–H groups in total. The molecule has 2 aromatic carbocycles. The number of benzene rings is 2. The summed E-state index contributed by atoms with van der Waals surface area (Å²) in [7, 11) is 4.71. The summed E-state index contributed by atoms with van der Waals surface area (Å²) in [4.78, 5) is 35.0. The molecule has 0 radical (unpaired) electrons. The van der Waals surface area contributed by atoms with Crippen molar-refractivity contribution in [2.24, 2.45) is 14.1 Å². The largest absolute Gasteiger partial charge is 0.481 e. The number of aryl methyl sites for hydroxylation is 3. The fourth-order valence-electron chi connectivity index (χ4n) is 5.56. The van der Waals surface area contributed by atoms with Gasteiger partial charge in [0.2, 0.25) is 5.88 Å². The van der Waals surface area contributed by atoms with Crippen LogP contribution in [0, 0.1) is 6.92 Å². The molecule has 3 aromatic heterocycles. The Labute approximate surface area is 246 Å². The second-order valence-corrected chi connectivity index (χ2v) is 10.9. The molecule has 0 amide bonds. The summed E-state index contributed by atoms with van der Waals surface area (Å²) in [5.74, 6) is 0.951. The van der Waals surface area contributed by atoms with Crippen LogP contribution < -0.4 is 21.3 Å². The zero-order chi connectivity index (χ0) is 29.0. The monoisotopic (exact) mass is 587 g/mol. The normalized spacial score (nSPS) is 12.5. The number of aromatic nitrogens is 4. The van der Waals surface area contributed by atoms with Gasteiger partial charge >= 0.3 is 5.69 Å². The number of nitrogens with one attached hydrogen (secondary N) is 1. The first-order chi connectivity index (χ1) is 19.7. The minimum absolute atomic E-state index is 0.290. The van der Waals surface area contributed by atoms with Gasteiger partial charge in [-0.05, 0) is 49.9 Å². The molecule has 5 aromatic rings. The number of rotatable bonds is 5. The Morgan fingerprint density at radius 1 is 0.902 bits per heavy atom. The van der Waals surface area contributed by atoms with Crippen molar-refractivity contribution >= 4 is 45.6 Å². The van der Waals surface area contributed by atoms with Gasteiger partial charge in [-0.1, -0.05) is 53.5 Å². The zero-order valence-corrected chi connectivity index (χ0v) is 24.5. The van der Waals surface area contributed by atoms with Gasteiger partial charge in [0.1, 0.15) is 11.2 Å². The molecule has 10 heteroatoms. The minimum Gasteiger partial charge on any atom is -0.481 e. The Balaban J connectivity index is 1.46. The molecule has 41 heavy (non-hydrogen) atoms. The van der Waals surface area contributed by atoms with E-state index in [0.717, 1.165) is 46.2 Å². The molecule has 0 aliphatic heterocycles. The Morgan fingerprint density at radius 3 is 2.37 bits per heavy atom. The third-order valence-electron chi connectivity index (χ3n) is 7.64. The van der Waals surface area contributed by atoms with Gasteiger partial charge in [-0.15, -0.1) is 0 Å². The molecule has 8 nitrogen and oxygen atoms in total. The summed E-state index contributed by atoms with van der Waals surface area (Å²) >= 11 is 14.0. The van der Waals surface area contributed by atoms with Crippen molar-refractivity contribution in [1.82, 2.24) is 19.1 Å². The van der Waals surface area contributed by atoms with Crippen molar-refractivity contribution < 1.29 is 4.74 Å². The van der Waals surface area contributed by atoms with Gasteiger partial charge in [0, 0.05) is 42.0 Å². The first-order valence-electron chi connectivity index (χ1n) is 13.2. The maximum absolute atomic E-state index is 13.1. The lowest BCUT2D eigenvalue weighted by Crippen LogP contribution is -2.37. The van der Waals surface area contributed by atoms with E-state index in [0.29, 0.717) is 49.6 Å². The number of nitrogens with zero attached hydrogens (tertiary/aromatic N) is 4. The van der Waals surface area contributed by atoms with Gasteiger partial charge in [-0.2, -0.15) is 0 Å². The van der Waals surface area contributed by atoms with Crippen LogP contribution in [0.15, 0.2) is 58.1 Å². The maximum atomic E-state index is 13.1. The molecule has 1 aliphatic carbocycles. The number of hydrogen-bond donors (Lipinski definition) is 1. The fraction of sp³-hybridized carbons (Fsp3) is 0.226. The minimum atomic E-state index is -0.446. The molecule has 0 unspecified atom stereocenters. The molecule has 0 atom stereocenters. The number of hydrogen-bond acceptors (Lipinski definition) is 6. The van der Waals surface area contributed by atoms with E-state index in [1.807, 2.05) is 30.3 Å². The van der Waals surface area contributed by atoms with Gasteiger partial charge in [-0.25, -0.2) is 14.8 Å². The standard InChI is InChI=1S/C31H27Cl2N5O3/c1-16-14-24-25(30(39)38(3)31(40)37(24)2)28(34-16)35-22-13-7-11-20(27(22)33)19-10-6-12-21(26(19)32)23-15-17-8-5-9-18(17)29(36-23)41-4/h6-7,10-15H,5,8-9H2,1-4H3,(H,34,35). The second kappa shape index (κ2) is 10.4. The summed E-state index contributed by atoms with van der Waals surface area (Å²) in [5, 5.41) is 4.46. The highest BCUT2D eigenvalue weighted by Crippen LogP contribution is 2.43. The van der Waals surface area contributed by atoms with E-state index in [2.05, 4.69) is 16.4 Å². The van der Waals surface area contributed by atoms with Crippen LogP contribution in [0.1, 0.15) is 23.2 Å². The predicted molar refractivity (Wildman–Crippen MR) is 164 cm³/mol. The molecule has 208 valence electrons. The Hall–Kier alpha value is -4.14. The lowest BCUT2D eigenvalue weighted by atomic mass is 9.99. The molecular weight excluding hydrogens is 561 g/mol. The summed E-state index contributed by atoms with van der Waals surface area (Å²) in [6, 6.07) is 15.1. The SMILES string of the molecule is COc1nc(-c2cccc(-c3cccc(Nc4nc(C)cc5c4c(=O)n(C)c(=O)n5C)c3Cl)c2Cl)cc2c1CCC2. The quantitative estimate of drug-likeness (QED) is 0.262. The van der Waals surface area contributed by atoms with E-state index >= 15 is 0 Å². The molecule has 1 aliphatic rings. The lowest BCUT2D eigenvalue weighted by molar-refractivity contribution is 0.394. The Bertz CT molecular complexity index is 2000. The molecule has 0 spiro atoms. The van der Waals surface area contributed by atoms with E-state index in [9.17, 15) is 9.59 Å². The molecule has 0 saturated carbocycles. The highest BCUT2D eigenvalue weighted by Gasteiger charge is 2.22. The van der Waals surface area contributed by atoms with Crippen LogP contribution in [-0.2, 0) is 26.9 Å². The number of halogens is 2. The van der Waals surface area contributed by atoms with Crippen molar-refractivity contribution in [1.29, 1.82) is 0 Å². The summed E-state index contributed by atoms with van der Waals surface area (Å²) in [5.41, 5.74) is 6.17. The third kappa shape index (κ3) is 4.47. The average molecular weight is 588 g/mol. The molecule has 0 saturated heterocycles. The van der Waals surface area contributed by atoms with E-state index < -0.39 is 11.2 Å². The molecular formula is C31H27Cl2N5O3. The number of anilines is 2. The van der Waals surface area contributed by atoms with Crippen LogP contribution in [0.4, 0.5) is 11.5 Å². The second-order valence-electron chi connectivity index (χ2n) is 10.2. The van der Waals surface area contributed by atoms with Crippen LogP contribution in [0.3, 0.4) is 0 Å². The molecule has 6 rings (SSSR count). The van der Waals surface area contributed by atoms with Gasteiger partial charge in [-0.3, -0.25) is 13.9 Å². The zero-order valence-electron chi connectivity index (χ0n) is 23.0.